The molecule has 0 unspecified atom stereocenters. The third-order valence-corrected chi connectivity index (χ3v) is 2.20. The van der Waals surface area contributed by atoms with Gasteiger partial charge in [0.1, 0.15) is 0 Å². The Morgan fingerprint density at radius 3 is 0.920 bits per heavy atom. The third kappa shape index (κ3) is 18.4. The topological polar surface area (TPSA) is 226 Å². The Labute approximate surface area is 146 Å². The highest BCUT2D eigenvalue weighted by molar-refractivity contribution is 7.79. The van der Waals surface area contributed by atoms with Gasteiger partial charge in [-0.25, -0.2) is 0 Å². The van der Waals surface area contributed by atoms with Gasteiger partial charge in [-0.15, -0.1) is 0 Å². The molecule has 0 saturated carbocycles. The van der Waals surface area contributed by atoms with E-state index in [0.29, 0.717) is 10.9 Å². The molecule has 0 aliphatic rings. The van der Waals surface area contributed by atoms with Crippen molar-refractivity contribution in [1.29, 1.82) is 0 Å². The first-order valence-corrected chi connectivity index (χ1v) is 7.53. The van der Waals surface area contributed by atoms with E-state index in [-0.39, 0.29) is 12.3 Å². The van der Waals surface area contributed by atoms with Crippen LogP contribution in [0.1, 0.15) is 0 Å². The van der Waals surface area contributed by atoms with Crippen molar-refractivity contribution in [2.45, 2.75) is 0 Å². The lowest BCUT2D eigenvalue weighted by Crippen LogP contribution is -2.29. The van der Waals surface area contributed by atoms with Gasteiger partial charge in [0.05, 0.1) is 0 Å². The van der Waals surface area contributed by atoms with Gasteiger partial charge in [-0.3, -0.25) is 9.11 Å². The highest BCUT2D eigenvalue weighted by Crippen LogP contribution is 1.82. The van der Waals surface area contributed by atoms with Crippen molar-refractivity contribution in [3.05, 3.63) is 60.7 Å². The van der Waals surface area contributed by atoms with E-state index < -0.39 is 24.6 Å². The standard InChI is InChI=1S/2C6H7BO2.2H3N.H2O4S/c2*8-7(9)6-4-2-1-3-5-6;;;1-5(2,3)4/h2*1-5,8-9H;2*1H3;(H2,1,2,3,4). The Bertz CT molecular complexity index is 593. The molecule has 12 N–H and O–H groups in total. The minimum absolute atomic E-state index is 0. The first-order chi connectivity index (χ1) is 10.6. The van der Waals surface area contributed by atoms with Crippen molar-refractivity contribution in [3.63, 3.8) is 0 Å². The summed E-state index contributed by atoms with van der Waals surface area (Å²) < 4.78 is 31.6. The average molecular weight is 376 g/mol. The minimum atomic E-state index is -4.67. The quantitative estimate of drug-likeness (QED) is 0.221. The zero-order valence-electron chi connectivity index (χ0n) is 13.3. The predicted octanol–water partition coefficient (Wildman–Crippen LogP) is -1.60. The van der Waals surface area contributed by atoms with Crippen molar-refractivity contribution in [2.24, 2.45) is 0 Å². The van der Waals surface area contributed by atoms with Crippen LogP contribution in [0.2, 0.25) is 0 Å². The van der Waals surface area contributed by atoms with Crippen molar-refractivity contribution in [1.82, 2.24) is 12.3 Å². The van der Waals surface area contributed by atoms with Crippen LogP contribution in [0.25, 0.3) is 0 Å². The average Bonchev–Trinajstić information content (AvgIpc) is 2.48. The van der Waals surface area contributed by atoms with Gasteiger partial charge in [0.15, 0.2) is 0 Å². The van der Waals surface area contributed by atoms with Crippen molar-refractivity contribution >= 4 is 35.6 Å². The fourth-order valence-electron chi connectivity index (χ4n) is 1.25. The maximum atomic E-state index is 8.74. The number of hydrogen-bond acceptors (Lipinski definition) is 8. The van der Waals surface area contributed by atoms with E-state index in [0.717, 1.165) is 0 Å². The van der Waals surface area contributed by atoms with Crippen molar-refractivity contribution in [2.75, 3.05) is 0 Å². The number of rotatable bonds is 2. The zero-order valence-corrected chi connectivity index (χ0v) is 14.1. The highest BCUT2D eigenvalue weighted by atomic mass is 32.3. The molecule has 0 atom stereocenters. The first-order valence-electron chi connectivity index (χ1n) is 6.13. The number of hydrogen-bond donors (Lipinski definition) is 8. The van der Waals surface area contributed by atoms with Gasteiger partial charge in [-0.05, 0) is 10.9 Å². The molecule has 25 heavy (non-hydrogen) atoms. The van der Waals surface area contributed by atoms with E-state index >= 15 is 0 Å². The molecule has 0 spiro atoms. The Morgan fingerprint density at radius 2 is 0.800 bits per heavy atom. The molecule has 0 aromatic heterocycles. The molecule has 2 aromatic rings. The molecule has 0 radical (unpaired) electrons. The molecular formula is C12H22B2N2O8S. The van der Waals surface area contributed by atoms with Crippen LogP contribution in [0.15, 0.2) is 60.7 Å². The van der Waals surface area contributed by atoms with E-state index in [1.54, 1.807) is 48.5 Å². The monoisotopic (exact) mass is 376 g/mol. The maximum absolute atomic E-state index is 8.74. The second-order valence-corrected chi connectivity index (χ2v) is 4.91. The molecule has 0 saturated heterocycles. The molecule has 2 rings (SSSR count). The zero-order chi connectivity index (χ0) is 17.9. The van der Waals surface area contributed by atoms with Crippen LogP contribution in [0, 0.1) is 0 Å². The van der Waals surface area contributed by atoms with Gasteiger partial charge in [-0.2, -0.15) is 8.42 Å². The molecule has 0 fully saturated rings. The smallest absolute Gasteiger partial charge is 0.423 e. The molecule has 13 heteroatoms. The molecule has 0 aliphatic heterocycles. The lowest BCUT2D eigenvalue weighted by molar-refractivity contribution is 0.380. The molecule has 0 heterocycles. The summed E-state index contributed by atoms with van der Waals surface area (Å²) in [4.78, 5) is 0. The van der Waals surface area contributed by atoms with E-state index in [9.17, 15) is 0 Å². The van der Waals surface area contributed by atoms with E-state index in [1.807, 2.05) is 12.1 Å². The summed E-state index contributed by atoms with van der Waals surface area (Å²) in [7, 11) is -7.35. The van der Waals surface area contributed by atoms with Crippen LogP contribution in [-0.4, -0.2) is 51.9 Å². The lowest BCUT2D eigenvalue weighted by Gasteiger charge is -1.94. The first kappa shape index (κ1) is 28.0. The van der Waals surface area contributed by atoms with Gasteiger partial charge < -0.3 is 32.4 Å². The van der Waals surface area contributed by atoms with Crippen LogP contribution in [0.4, 0.5) is 0 Å². The van der Waals surface area contributed by atoms with Crippen LogP contribution in [0.5, 0.6) is 0 Å². The van der Waals surface area contributed by atoms with Crippen LogP contribution < -0.4 is 23.2 Å². The molecule has 10 nitrogen and oxygen atoms in total. The van der Waals surface area contributed by atoms with Gasteiger partial charge in [-0.1, -0.05) is 60.7 Å². The van der Waals surface area contributed by atoms with Crippen molar-refractivity contribution in [3.8, 4) is 0 Å². The second kappa shape index (κ2) is 14.5. The molecule has 0 aliphatic carbocycles. The molecule has 140 valence electrons. The third-order valence-electron chi connectivity index (χ3n) is 2.20. The summed E-state index contributed by atoms with van der Waals surface area (Å²) in [5, 5.41) is 34.3. The molecule has 0 amide bonds. The largest absolute Gasteiger partial charge is 0.488 e. The fourth-order valence-corrected chi connectivity index (χ4v) is 1.25. The Morgan fingerprint density at radius 1 is 0.600 bits per heavy atom. The SMILES string of the molecule is N.N.O=S(=O)(O)O.OB(O)c1ccccc1.OB(O)c1ccccc1. The predicted molar refractivity (Wildman–Crippen MR) is 96.8 cm³/mol. The number of benzene rings is 2. The summed E-state index contributed by atoms with van der Waals surface area (Å²) in [6.07, 6.45) is 0. The molecule has 2 aromatic carbocycles. The lowest BCUT2D eigenvalue weighted by atomic mass is 9.81. The summed E-state index contributed by atoms with van der Waals surface area (Å²) in [5.74, 6) is 0. The van der Waals surface area contributed by atoms with Crippen LogP contribution in [-0.2, 0) is 10.4 Å². The summed E-state index contributed by atoms with van der Waals surface area (Å²) in [5.41, 5.74) is 1.05. The van der Waals surface area contributed by atoms with Crippen LogP contribution in [0.3, 0.4) is 0 Å². The summed E-state index contributed by atoms with van der Waals surface area (Å²) >= 11 is 0. The highest BCUT2D eigenvalue weighted by Gasteiger charge is 2.08. The van der Waals surface area contributed by atoms with Gasteiger partial charge >= 0.3 is 24.6 Å². The van der Waals surface area contributed by atoms with E-state index in [1.165, 1.54) is 0 Å². The minimum Gasteiger partial charge on any atom is -0.423 e. The Hall–Kier alpha value is -1.80. The van der Waals surface area contributed by atoms with Gasteiger partial charge in [0.2, 0.25) is 0 Å². The normalized spacial score (nSPS) is 8.88. The van der Waals surface area contributed by atoms with Gasteiger partial charge in [0.25, 0.3) is 0 Å². The van der Waals surface area contributed by atoms with Crippen molar-refractivity contribution < 1.29 is 37.6 Å². The summed E-state index contributed by atoms with van der Waals surface area (Å²) in [6.45, 7) is 0. The molecule has 0 bridgehead atoms. The fraction of sp³-hybridized carbons (Fsp3) is 0. The Balaban J connectivity index is -0.000000291. The second-order valence-electron chi connectivity index (χ2n) is 4.02. The summed E-state index contributed by atoms with van der Waals surface area (Å²) in [6, 6.07) is 17.3. The van der Waals surface area contributed by atoms with Crippen LogP contribution >= 0.6 is 0 Å². The Kier molecular flexibility index (Phi) is 16.3. The van der Waals surface area contributed by atoms with E-state index in [4.69, 9.17) is 37.6 Å². The van der Waals surface area contributed by atoms with E-state index in [2.05, 4.69) is 0 Å². The van der Waals surface area contributed by atoms with Gasteiger partial charge in [0, 0.05) is 0 Å². The molecular weight excluding hydrogens is 354 g/mol. The maximum Gasteiger partial charge on any atom is 0.488 e.